The number of hydrogen-bond acceptors (Lipinski definition) is 4. The lowest BCUT2D eigenvalue weighted by Gasteiger charge is -2.08. The first-order valence-corrected chi connectivity index (χ1v) is 10.3. The van der Waals surface area contributed by atoms with Gasteiger partial charge in [-0.25, -0.2) is 0 Å². The number of nitrogens with zero attached hydrogens (tertiary/aromatic N) is 1. The van der Waals surface area contributed by atoms with Crippen molar-refractivity contribution in [2.24, 2.45) is 5.16 Å². The predicted molar refractivity (Wildman–Crippen MR) is 119 cm³/mol. The van der Waals surface area contributed by atoms with Gasteiger partial charge in [0.1, 0.15) is 5.71 Å². The molecule has 31 heavy (non-hydrogen) atoms. The van der Waals surface area contributed by atoms with Gasteiger partial charge in [-0.1, -0.05) is 59.8 Å². The second-order valence-electron chi connectivity index (χ2n) is 7.68. The van der Waals surface area contributed by atoms with Crippen LogP contribution in [0, 0.1) is 0 Å². The van der Waals surface area contributed by atoms with Crippen LogP contribution in [0.3, 0.4) is 0 Å². The highest BCUT2D eigenvalue weighted by Gasteiger charge is 2.25. The summed E-state index contributed by atoms with van der Waals surface area (Å²) in [5, 5.41) is 9.96. The zero-order valence-electron chi connectivity index (χ0n) is 16.8. The highest BCUT2D eigenvalue weighted by molar-refractivity contribution is 6.24. The molecule has 2 aliphatic rings. The summed E-state index contributed by atoms with van der Waals surface area (Å²) in [4.78, 5) is 29.9. The Morgan fingerprint density at radius 3 is 2.16 bits per heavy atom. The number of oxime groups is 1. The molecule has 1 fully saturated rings. The van der Waals surface area contributed by atoms with Crippen molar-refractivity contribution in [3.63, 3.8) is 0 Å². The molecule has 2 N–H and O–H groups in total. The van der Waals surface area contributed by atoms with Gasteiger partial charge in [0.05, 0.1) is 0 Å². The van der Waals surface area contributed by atoms with E-state index in [4.69, 9.17) is 4.84 Å². The Labute approximate surface area is 179 Å². The van der Waals surface area contributed by atoms with Crippen LogP contribution in [0.4, 0.5) is 5.69 Å². The molecule has 0 radical (unpaired) electrons. The van der Waals surface area contributed by atoms with Crippen molar-refractivity contribution in [1.29, 1.82) is 0 Å². The van der Waals surface area contributed by atoms with Crippen LogP contribution in [0.5, 0.6) is 0 Å². The number of benzene rings is 3. The van der Waals surface area contributed by atoms with Gasteiger partial charge in [-0.05, 0) is 42.2 Å². The molecule has 2 amide bonds. The van der Waals surface area contributed by atoms with Gasteiger partial charge in [0, 0.05) is 28.4 Å². The van der Waals surface area contributed by atoms with Crippen LogP contribution < -0.4 is 10.6 Å². The van der Waals surface area contributed by atoms with Gasteiger partial charge in [-0.15, -0.1) is 0 Å². The van der Waals surface area contributed by atoms with Gasteiger partial charge in [-0.2, -0.15) is 0 Å². The molecule has 0 aromatic heterocycles. The summed E-state index contributed by atoms with van der Waals surface area (Å²) in [6, 6.07) is 23.1. The van der Waals surface area contributed by atoms with E-state index in [1.54, 1.807) is 24.3 Å². The average Bonchev–Trinajstić information content (AvgIpc) is 3.55. The predicted octanol–water partition coefficient (Wildman–Crippen LogP) is 3.97. The van der Waals surface area contributed by atoms with Crippen LogP contribution in [-0.2, 0) is 9.63 Å². The second kappa shape index (κ2) is 8.07. The van der Waals surface area contributed by atoms with Gasteiger partial charge >= 0.3 is 0 Å². The van der Waals surface area contributed by atoms with Crippen LogP contribution in [-0.4, -0.2) is 30.2 Å². The second-order valence-corrected chi connectivity index (χ2v) is 7.68. The Hall–Kier alpha value is -3.93. The number of anilines is 1. The number of fused-ring (bicyclic) bond motifs is 3. The van der Waals surface area contributed by atoms with Crippen molar-refractivity contribution in [1.82, 2.24) is 5.32 Å². The van der Waals surface area contributed by atoms with Gasteiger partial charge < -0.3 is 15.5 Å². The Bertz CT molecular complexity index is 1150. The minimum Gasteiger partial charge on any atom is -0.385 e. The van der Waals surface area contributed by atoms with Crippen molar-refractivity contribution in [2.45, 2.75) is 18.9 Å². The number of carbonyl (C=O) groups excluding carboxylic acids is 2. The fraction of sp³-hybridized carbons (Fsp3) is 0.160. The maximum absolute atomic E-state index is 12.3. The SMILES string of the molecule is O=C(CON=C1c2ccccc2-c2ccccc21)Nc1cccc(C(=O)NC2CC2)c1. The highest BCUT2D eigenvalue weighted by atomic mass is 16.6. The number of carbonyl (C=O) groups is 2. The maximum Gasteiger partial charge on any atom is 0.265 e. The monoisotopic (exact) mass is 411 g/mol. The highest BCUT2D eigenvalue weighted by Crippen LogP contribution is 2.36. The number of rotatable bonds is 6. The summed E-state index contributed by atoms with van der Waals surface area (Å²) >= 11 is 0. The van der Waals surface area contributed by atoms with Gasteiger partial charge in [-0.3, -0.25) is 9.59 Å². The molecule has 5 rings (SSSR count). The van der Waals surface area contributed by atoms with Crippen molar-refractivity contribution < 1.29 is 14.4 Å². The number of amides is 2. The molecule has 0 saturated heterocycles. The lowest BCUT2D eigenvalue weighted by Crippen LogP contribution is -2.25. The van der Waals surface area contributed by atoms with Gasteiger partial charge in [0.2, 0.25) is 0 Å². The number of hydrogen-bond donors (Lipinski definition) is 2. The molecular formula is C25H21N3O3. The molecule has 0 heterocycles. The molecular weight excluding hydrogens is 390 g/mol. The van der Waals surface area contributed by atoms with Crippen LogP contribution in [0.25, 0.3) is 11.1 Å². The minimum atomic E-state index is -0.344. The molecule has 0 bridgehead atoms. The lowest BCUT2D eigenvalue weighted by atomic mass is 10.1. The molecule has 1 saturated carbocycles. The zero-order valence-corrected chi connectivity index (χ0v) is 16.8. The van der Waals surface area contributed by atoms with E-state index < -0.39 is 0 Å². The van der Waals surface area contributed by atoms with Gasteiger partial charge in [0.15, 0.2) is 6.61 Å². The minimum absolute atomic E-state index is 0.125. The molecule has 6 heteroatoms. The van der Waals surface area contributed by atoms with E-state index in [1.165, 1.54) is 0 Å². The number of nitrogens with one attached hydrogen (secondary N) is 2. The molecule has 0 atom stereocenters. The fourth-order valence-electron chi connectivity index (χ4n) is 3.68. The molecule has 3 aromatic rings. The molecule has 2 aliphatic carbocycles. The Balaban J connectivity index is 1.24. The Kier molecular flexibility index (Phi) is 4.96. The van der Waals surface area contributed by atoms with E-state index in [1.807, 2.05) is 36.4 Å². The normalized spacial score (nSPS) is 13.7. The first-order chi connectivity index (χ1) is 15.2. The third-order valence-corrected chi connectivity index (χ3v) is 5.33. The smallest absolute Gasteiger partial charge is 0.265 e. The summed E-state index contributed by atoms with van der Waals surface area (Å²) in [5.41, 5.74) is 5.96. The quantitative estimate of drug-likeness (QED) is 0.471. The summed E-state index contributed by atoms with van der Waals surface area (Å²) in [5.74, 6) is -0.469. The zero-order chi connectivity index (χ0) is 21.2. The molecule has 0 spiro atoms. The maximum atomic E-state index is 12.3. The summed E-state index contributed by atoms with van der Waals surface area (Å²) in [6.07, 6.45) is 2.05. The van der Waals surface area contributed by atoms with E-state index in [0.717, 1.165) is 40.8 Å². The Morgan fingerprint density at radius 1 is 0.871 bits per heavy atom. The molecule has 0 aliphatic heterocycles. The van der Waals surface area contributed by atoms with Crippen molar-refractivity contribution >= 4 is 23.2 Å². The molecule has 3 aromatic carbocycles. The Morgan fingerprint density at radius 2 is 1.52 bits per heavy atom. The van der Waals surface area contributed by atoms with Gasteiger partial charge in [0.25, 0.3) is 11.8 Å². The van der Waals surface area contributed by atoms with Crippen molar-refractivity contribution in [3.05, 3.63) is 89.5 Å². The fourth-order valence-corrected chi connectivity index (χ4v) is 3.68. The third-order valence-electron chi connectivity index (χ3n) is 5.33. The van der Waals surface area contributed by atoms with E-state index in [2.05, 4.69) is 27.9 Å². The van der Waals surface area contributed by atoms with Crippen LogP contribution in [0.1, 0.15) is 34.3 Å². The van der Waals surface area contributed by atoms with E-state index >= 15 is 0 Å². The van der Waals surface area contributed by atoms with Crippen LogP contribution >= 0.6 is 0 Å². The van der Waals surface area contributed by atoms with E-state index in [-0.39, 0.29) is 24.5 Å². The summed E-state index contributed by atoms with van der Waals surface area (Å²) in [7, 11) is 0. The average molecular weight is 411 g/mol. The lowest BCUT2D eigenvalue weighted by molar-refractivity contribution is -0.120. The van der Waals surface area contributed by atoms with E-state index in [0.29, 0.717) is 11.3 Å². The standard InChI is InChI=1S/C25H21N3O3/c29-23(26-18-7-5-6-16(14-18)25(30)27-17-12-13-17)15-31-28-24-21-10-3-1-8-19(21)20-9-2-4-11-22(20)24/h1-11,14,17H,12-13,15H2,(H,26,29)(H,27,30). The van der Waals surface area contributed by atoms with Crippen molar-refractivity contribution in [2.75, 3.05) is 11.9 Å². The van der Waals surface area contributed by atoms with E-state index in [9.17, 15) is 9.59 Å². The molecule has 6 nitrogen and oxygen atoms in total. The third kappa shape index (κ3) is 4.05. The summed E-state index contributed by atoms with van der Waals surface area (Å²) < 4.78 is 0. The largest absolute Gasteiger partial charge is 0.385 e. The molecule has 0 unspecified atom stereocenters. The molecule has 154 valence electrons. The van der Waals surface area contributed by atoms with Crippen molar-refractivity contribution in [3.8, 4) is 11.1 Å². The summed E-state index contributed by atoms with van der Waals surface area (Å²) in [6.45, 7) is -0.230. The van der Waals surface area contributed by atoms with Crippen LogP contribution in [0.15, 0.2) is 78.0 Å². The van der Waals surface area contributed by atoms with Crippen LogP contribution in [0.2, 0.25) is 0 Å². The first-order valence-electron chi connectivity index (χ1n) is 10.3. The topological polar surface area (TPSA) is 79.8 Å². The first kappa shape index (κ1) is 19.1.